The van der Waals surface area contributed by atoms with Gasteiger partial charge < -0.3 is 18.8 Å². The maximum atomic E-state index is 14.4. The minimum Gasteiger partial charge on any atom is -0.463 e. The zero-order valence-electron chi connectivity index (χ0n) is 23.8. The lowest BCUT2D eigenvalue weighted by Crippen LogP contribution is -2.23. The van der Waals surface area contributed by atoms with Crippen LogP contribution in [0, 0.1) is 41.5 Å². The van der Waals surface area contributed by atoms with E-state index in [1.165, 1.54) is 0 Å². The Balaban J connectivity index is 2.26. The molecule has 0 heterocycles. The first kappa shape index (κ1) is 31.6. The van der Waals surface area contributed by atoms with Gasteiger partial charge in [-0.15, -0.1) is 0 Å². The third-order valence-corrected chi connectivity index (χ3v) is 8.76. The fourth-order valence-electron chi connectivity index (χ4n) is 4.64. The van der Waals surface area contributed by atoms with Crippen molar-refractivity contribution in [3.63, 3.8) is 0 Å². The molecule has 0 aliphatic rings. The molecule has 0 saturated carbocycles. The number of rotatable bonds is 15. The van der Waals surface area contributed by atoms with Crippen molar-refractivity contribution < 1.29 is 33.2 Å². The molecule has 0 atom stereocenters. The zero-order chi connectivity index (χ0) is 28.5. The van der Waals surface area contributed by atoms with E-state index in [0.29, 0.717) is 42.1 Å². The van der Waals surface area contributed by atoms with E-state index in [1.807, 2.05) is 13.8 Å². The van der Waals surface area contributed by atoms with Crippen molar-refractivity contribution in [2.75, 3.05) is 39.2 Å². The molecule has 0 aliphatic carbocycles. The summed E-state index contributed by atoms with van der Waals surface area (Å²) in [5.41, 5.74) is 3.14. The monoisotopic (exact) mass is 544 g/mol. The number of aryl methyl sites for hydroxylation is 6. The third-order valence-electron chi connectivity index (χ3n) is 6.29. The highest BCUT2D eigenvalue weighted by atomic mass is 31.2. The lowest BCUT2D eigenvalue weighted by atomic mass is 10.0. The quantitative estimate of drug-likeness (QED) is 0.148. The predicted molar refractivity (Wildman–Crippen MR) is 150 cm³/mol. The van der Waals surface area contributed by atoms with Crippen molar-refractivity contribution in [1.82, 2.24) is 0 Å². The molecule has 7 nitrogen and oxygen atoms in total. The van der Waals surface area contributed by atoms with Gasteiger partial charge in [0.2, 0.25) is 18.2 Å². The van der Waals surface area contributed by atoms with E-state index in [-0.39, 0.29) is 24.3 Å². The van der Waals surface area contributed by atoms with E-state index in [2.05, 4.69) is 6.92 Å². The van der Waals surface area contributed by atoms with E-state index >= 15 is 0 Å². The average Bonchev–Trinajstić information content (AvgIpc) is 2.81. The molecule has 2 aromatic carbocycles. The minimum atomic E-state index is -4.43. The molecular formula is C30H41O7P. The fourth-order valence-corrected chi connectivity index (χ4v) is 7.00. The molecule has 2 aromatic rings. The van der Waals surface area contributed by atoms with Crippen molar-refractivity contribution in [1.29, 1.82) is 0 Å². The maximum absolute atomic E-state index is 14.4. The molecule has 0 aliphatic heterocycles. The van der Waals surface area contributed by atoms with Crippen LogP contribution in [-0.4, -0.2) is 56.2 Å². The molecule has 38 heavy (non-hydrogen) atoms. The Morgan fingerprint density at radius 1 is 0.658 bits per heavy atom. The number of hydrogen-bond acceptors (Lipinski definition) is 7. The second kappa shape index (κ2) is 14.5. The lowest BCUT2D eigenvalue weighted by molar-refractivity contribution is -0.142. The smallest absolute Gasteiger partial charge is 0.314 e. The van der Waals surface area contributed by atoms with Gasteiger partial charge in [0.05, 0.1) is 19.8 Å². The van der Waals surface area contributed by atoms with Gasteiger partial charge in [0.15, 0.2) is 0 Å². The molecule has 0 unspecified atom stereocenters. The molecule has 0 saturated heterocycles. The van der Waals surface area contributed by atoms with Crippen molar-refractivity contribution in [2.24, 2.45) is 0 Å². The molecule has 0 amide bonds. The van der Waals surface area contributed by atoms with Gasteiger partial charge in [0.1, 0.15) is 12.8 Å². The number of carbonyl (C=O) groups is 3. The van der Waals surface area contributed by atoms with Crippen LogP contribution in [-0.2, 0) is 23.6 Å². The number of ether oxygens (including phenoxy) is 3. The fraction of sp³-hybridized carbons (Fsp3) is 0.500. The van der Waals surface area contributed by atoms with Crippen LogP contribution in [0.3, 0.4) is 0 Å². The topological polar surface area (TPSA) is 96.0 Å². The summed E-state index contributed by atoms with van der Waals surface area (Å²) < 4.78 is 30.5. The Kier molecular flexibility index (Phi) is 12.1. The van der Waals surface area contributed by atoms with Gasteiger partial charge in [0.25, 0.3) is 0 Å². The summed E-state index contributed by atoms with van der Waals surface area (Å²) >= 11 is 0. The second-order valence-corrected chi connectivity index (χ2v) is 12.5. The summed E-state index contributed by atoms with van der Waals surface area (Å²) in [6.45, 7) is 14.4. The third kappa shape index (κ3) is 8.20. The Morgan fingerprint density at radius 2 is 1.05 bits per heavy atom. The predicted octanol–water partition coefficient (Wildman–Crippen LogP) is 6.26. The van der Waals surface area contributed by atoms with Crippen LogP contribution in [0.4, 0.5) is 0 Å². The van der Waals surface area contributed by atoms with E-state index in [4.69, 9.17) is 14.2 Å². The van der Waals surface area contributed by atoms with Crippen molar-refractivity contribution in [3.8, 4) is 0 Å². The summed E-state index contributed by atoms with van der Waals surface area (Å²) in [6.07, 6.45) is 1.24. The van der Waals surface area contributed by atoms with Gasteiger partial charge in [-0.2, -0.15) is 0 Å². The Bertz CT molecular complexity index is 1100. The second-order valence-electron chi connectivity index (χ2n) is 9.85. The first-order valence-electron chi connectivity index (χ1n) is 13.1. The summed E-state index contributed by atoms with van der Waals surface area (Å²) in [6, 6.07) is 7.22. The average molecular weight is 545 g/mol. The number of unbranched alkanes of at least 4 members (excludes halogenated alkanes) is 1. The van der Waals surface area contributed by atoms with Crippen molar-refractivity contribution in [3.05, 3.63) is 68.8 Å². The first-order valence-corrected chi connectivity index (χ1v) is 15.0. The van der Waals surface area contributed by atoms with Crippen LogP contribution in [0.2, 0.25) is 0 Å². The van der Waals surface area contributed by atoms with Crippen LogP contribution in [0.1, 0.15) is 73.9 Å². The van der Waals surface area contributed by atoms with Crippen LogP contribution < -0.4 is 0 Å². The number of esters is 1. The molecule has 208 valence electrons. The first-order chi connectivity index (χ1) is 17.9. The van der Waals surface area contributed by atoms with E-state index in [0.717, 1.165) is 24.0 Å². The summed E-state index contributed by atoms with van der Waals surface area (Å²) in [4.78, 5) is 40.5. The molecule has 0 N–H and O–H groups in total. The van der Waals surface area contributed by atoms with E-state index < -0.39 is 30.3 Å². The Labute approximate surface area is 226 Å². The van der Waals surface area contributed by atoms with Gasteiger partial charge >= 0.3 is 5.97 Å². The SMILES string of the molecule is CCCCOCCOCCOC(=O)CP(=O)(C(=O)c1c(C)cc(C)cc1C)C(=O)c1c(C)cc(C)cc1C. The molecule has 0 bridgehead atoms. The lowest BCUT2D eigenvalue weighted by Gasteiger charge is -2.20. The van der Waals surface area contributed by atoms with Crippen molar-refractivity contribution >= 4 is 24.2 Å². The van der Waals surface area contributed by atoms with Gasteiger partial charge in [0, 0.05) is 17.7 Å². The molecule has 0 radical (unpaired) electrons. The van der Waals surface area contributed by atoms with E-state index in [9.17, 15) is 18.9 Å². The molecule has 8 heteroatoms. The Morgan fingerprint density at radius 3 is 1.47 bits per heavy atom. The van der Waals surface area contributed by atoms with Gasteiger partial charge in [-0.3, -0.25) is 14.4 Å². The van der Waals surface area contributed by atoms with Gasteiger partial charge in [-0.25, -0.2) is 0 Å². The minimum absolute atomic E-state index is 0.0820. The number of hydrogen-bond donors (Lipinski definition) is 0. The zero-order valence-corrected chi connectivity index (χ0v) is 24.7. The number of carbonyl (C=O) groups excluding carboxylic acids is 3. The van der Waals surface area contributed by atoms with E-state index in [1.54, 1.807) is 52.0 Å². The Hall–Kier alpha value is -2.60. The number of benzene rings is 2. The molecule has 0 fully saturated rings. The molecule has 0 aromatic heterocycles. The highest BCUT2D eigenvalue weighted by Crippen LogP contribution is 2.53. The molecule has 0 spiro atoms. The van der Waals surface area contributed by atoms with Crippen LogP contribution in [0.5, 0.6) is 0 Å². The highest BCUT2D eigenvalue weighted by Gasteiger charge is 2.45. The summed E-state index contributed by atoms with van der Waals surface area (Å²) in [5, 5.41) is 0. The van der Waals surface area contributed by atoms with Crippen LogP contribution >= 0.6 is 7.14 Å². The summed E-state index contributed by atoms with van der Waals surface area (Å²) in [5.74, 6) is -0.873. The maximum Gasteiger partial charge on any atom is 0.314 e. The largest absolute Gasteiger partial charge is 0.463 e. The normalized spacial score (nSPS) is 11.4. The van der Waals surface area contributed by atoms with Gasteiger partial charge in [-0.1, -0.05) is 48.7 Å². The van der Waals surface area contributed by atoms with Crippen LogP contribution in [0.25, 0.3) is 0 Å². The van der Waals surface area contributed by atoms with Crippen molar-refractivity contribution in [2.45, 2.75) is 61.3 Å². The molecular weight excluding hydrogens is 503 g/mol. The highest BCUT2D eigenvalue weighted by molar-refractivity contribution is 7.96. The standard InChI is InChI=1S/C30H41O7P/c1-8-9-10-35-11-12-36-13-14-37-26(31)19-38(34,29(32)27-22(4)15-20(2)16-23(27)5)30(33)28-24(6)17-21(3)18-25(28)7/h15-18H,8-14,19H2,1-7H3. The summed E-state index contributed by atoms with van der Waals surface area (Å²) in [7, 11) is -4.43. The van der Waals surface area contributed by atoms with Gasteiger partial charge in [-0.05, 0) is 70.2 Å². The van der Waals surface area contributed by atoms with Crippen LogP contribution in [0.15, 0.2) is 24.3 Å². The molecule has 2 rings (SSSR count).